The van der Waals surface area contributed by atoms with Gasteiger partial charge in [0.1, 0.15) is 6.54 Å². The van der Waals surface area contributed by atoms with E-state index in [2.05, 4.69) is 5.32 Å². The minimum atomic E-state index is -4.38. The fourth-order valence-corrected chi connectivity index (χ4v) is 1.42. The summed E-state index contributed by atoms with van der Waals surface area (Å²) in [6.45, 7) is -0.412. The average Bonchev–Trinajstić information content (AvgIpc) is 2.24. The molecule has 1 aliphatic rings. The number of ether oxygens (including phenoxy) is 1. The summed E-state index contributed by atoms with van der Waals surface area (Å²) >= 11 is 0. The molecule has 0 aromatic heterocycles. The Bertz CT molecular complexity index is 227. The minimum Gasteiger partial charge on any atom is -0.376 e. The number of rotatable bonds is 3. The molecule has 1 unspecified atom stereocenters. The van der Waals surface area contributed by atoms with Crippen molar-refractivity contribution < 1.29 is 22.7 Å². The van der Waals surface area contributed by atoms with Gasteiger partial charge in [-0.15, -0.1) is 0 Å². The average molecular weight is 240 g/mol. The molecule has 0 saturated carbocycles. The summed E-state index contributed by atoms with van der Waals surface area (Å²) in [4.78, 5) is 11.0. The maximum Gasteiger partial charge on any atom is 0.405 e. The van der Waals surface area contributed by atoms with Gasteiger partial charge in [-0.05, 0) is 19.3 Å². The van der Waals surface area contributed by atoms with Crippen LogP contribution in [0.2, 0.25) is 0 Å². The van der Waals surface area contributed by atoms with Crippen LogP contribution in [0, 0.1) is 0 Å². The summed E-state index contributed by atoms with van der Waals surface area (Å²) in [7, 11) is 0. The van der Waals surface area contributed by atoms with Gasteiger partial charge in [-0.25, -0.2) is 4.79 Å². The molecule has 2 N–H and O–H groups in total. The van der Waals surface area contributed by atoms with Crippen molar-refractivity contribution in [1.82, 2.24) is 10.6 Å². The van der Waals surface area contributed by atoms with Gasteiger partial charge in [0.25, 0.3) is 0 Å². The summed E-state index contributed by atoms with van der Waals surface area (Å²) < 4.78 is 40.5. The highest BCUT2D eigenvalue weighted by molar-refractivity contribution is 5.73. The van der Waals surface area contributed by atoms with Gasteiger partial charge in [-0.3, -0.25) is 0 Å². The molecule has 2 amide bonds. The molecular formula is C9H15F3N2O2. The number of alkyl halides is 3. The molecule has 0 aliphatic carbocycles. The fraction of sp³-hybridized carbons (Fsp3) is 0.889. The monoisotopic (exact) mass is 240 g/mol. The van der Waals surface area contributed by atoms with Gasteiger partial charge >= 0.3 is 12.2 Å². The Balaban J connectivity index is 2.09. The van der Waals surface area contributed by atoms with Crippen molar-refractivity contribution in [2.45, 2.75) is 31.5 Å². The van der Waals surface area contributed by atoms with Crippen LogP contribution in [-0.4, -0.2) is 38.0 Å². The molecule has 1 fully saturated rings. The van der Waals surface area contributed by atoms with Crippen LogP contribution in [0.15, 0.2) is 0 Å². The minimum absolute atomic E-state index is 0.0783. The molecule has 1 heterocycles. The van der Waals surface area contributed by atoms with E-state index in [1.54, 1.807) is 5.32 Å². The van der Waals surface area contributed by atoms with Gasteiger partial charge in [-0.2, -0.15) is 13.2 Å². The zero-order valence-corrected chi connectivity index (χ0v) is 8.77. The topological polar surface area (TPSA) is 50.4 Å². The largest absolute Gasteiger partial charge is 0.405 e. The van der Waals surface area contributed by atoms with E-state index in [-0.39, 0.29) is 12.6 Å². The lowest BCUT2D eigenvalue weighted by atomic mass is 10.1. The second-order valence-electron chi connectivity index (χ2n) is 3.67. The molecule has 16 heavy (non-hydrogen) atoms. The van der Waals surface area contributed by atoms with Gasteiger partial charge in [0.05, 0.1) is 6.10 Å². The van der Waals surface area contributed by atoms with Crippen LogP contribution in [-0.2, 0) is 4.74 Å². The van der Waals surface area contributed by atoms with Gasteiger partial charge in [0.15, 0.2) is 0 Å². The SMILES string of the molecule is O=C(NCC1CCCCO1)NCC(F)(F)F. The molecule has 1 atom stereocenters. The predicted molar refractivity (Wildman–Crippen MR) is 51.0 cm³/mol. The van der Waals surface area contributed by atoms with E-state index in [9.17, 15) is 18.0 Å². The number of urea groups is 1. The Morgan fingerprint density at radius 1 is 1.31 bits per heavy atom. The smallest absolute Gasteiger partial charge is 0.376 e. The predicted octanol–water partition coefficient (Wildman–Crippen LogP) is 1.42. The Morgan fingerprint density at radius 2 is 2.06 bits per heavy atom. The summed E-state index contributed by atoms with van der Waals surface area (Å²) in [5.41, 5.74) is 0. The highest BCUT2D eigenvalue weighted by Gasteiger charge is 2.27. The van der Waals surface area contributed by atoms with Crippen LogP contribution >= 0.6 is 0 Å². The number of carbonyl (C=O) groups excluding carboxylic acids is 1. The van der Waals surface area contributed by atoms with E-state index >= 15 is 0 Å². The Hall–Kier alpha value is -0.980. The molecule has 0 spiro atoms. The number of halogens is 3. The van der Waals surface area contributed by atoms with Crippen molar-refractivity contribution in [3.05, 3.63) is 0 Å². The van der Waals surface area contributed by atoms with Crippen molar-refractivity contribution in [1.29, 1.82) is 0 Å². The van der Waals surface area contributed by atoms with Crippen molar-refractivity contribution in [2.24, 2.45) is 0 Å². The first-order chi connectivity index (χ1) is 7.47. The molecule has 0 bridgehead atoms. The van der Waals surface area contributed by atoms with Crippen LogP contribution in [0.1, 0.15) is 19.3 Å². The quantitative estimate of drug-likeness (QED) is 0.783. The number of amides is 2. The normalized spacial score (nSPS) is 21.6. The lowest BCUT2D eigenvalue weighted by molar-refractivity contribution is -0.122. The third kappa shape index (κ3) is 5.79. The second-order valence-corrected chi connectivity index (χ2v) is 3.67. The summed E-state index contributed by atoms with van der Waals surface area (Å²) in [5, 5.41) is 4.08. The van der Waals surface area contributed by atoms with E-state index in [1.807, 2.05) is 0 Å². The third-order valence-corrected chi connectivity index (χ3v) is 2.21. The molecule has 1 saturated heterocycles. The van der Waals surface area contributed by atoms with E-state index in [4.69, 9.17) is 4.74 Å². The number of carbonyl (C=O) groups is 1. The lowest BCUT2D eigenvalue weighted by Gasteiger charge is -2.22. The number of hydrogen-bond donors (Lipinski definition) is 2. The lowest BCUT2D eigenvalue weighted by Crippen LogP contribution is -2.44. The first kappa shape index (κ1) is 13.1. The van der Waals surface area contributed by atoms with Crippen LogP contribution in [0.5, 0.6) is 0 Å². The maximum atomic E-state index is 11.7. The molecule has 1 aliphatic heterocycles. The Labute approximate surface area is 91.5 Å². The van der Waals surface area contributed by atoms with E-state index in [0.29, 0.717) is 6.61 Å². The number of hydrogen-bond acceptors (Lipinski definition) is 2. The van der Waals surface area contributed by atoms with Gasteiger partial charge in [-0.1, -0.05) is 0 Å². The molecule has 1 rings (SSSR count). The van der Waals surface area contributed by atoms with Crippen LogP contribution in [0.3, 0.4) is 0 Å². The summed E-state index contributed by atoms with van der Waals surface area (Å²) in [6, 6.07) is -0.813. The van der Waals surface area contributed by atoms with Crippen molar-refractivity contribution in [2.75, 3.05) is 19.7 Å². The van der Waals surface area contributed by atoms with Crippen molar-refractivity contribution >= 4 is 6.03 Å². The Kier molecular flexibility index (Phi) is 4.85. The molecule has 4 nitrogen and oxygen atoms in total. The third-order valence-electron chi connectivity index (χ3n) is 2.21. The van der Waals surface area contributed by atoms with Crippen molar-refractivity contribution in [3.63, 3.8) is 0 Å². The van der Waals surface area contributed by atoms with Crippen molar-refractivity contribution in [3.8, 4) is 0 Å². The number of nitrogens with one attached hydrogen (secondary N) is 2. The maximum absolute atomic E-state index is 11.7. The van der Waals surface area contributed by atoms with Crippen LogP contribution in [0.25, 0.3) is 0 Å². The first-order valence-corrected chi connectivity index (χ1v) is 5.17. The molecule has 94 valence electrons. The molecule has 0 aromatic carbocycles. The van der Waals surface area contributed by atoms with Crippen LogP contribution in [0.4, 0.5) is 18.0 Å². The van der Waals surface area contributed by atoms with E-state index in [1.165, 1.54) is 0 Å². The van der Waals surface area contributed by atoms with Crippen LogP contribution < -0.4 is 10.6 Å². The molecular weight excluding hydrogens is 225 g/mol. The van der Waals surface area contributed by atoms with Gasteiger partial charge in [0, 0.05) is 13.2 Å². The fourth-order valence-electron chi connectivity index (χ4n) is 1.42. The Morgan fingerprint density at radius 3 is 2.62 bits per heavy atom. The van der Waals surface area contributed by atoms with Gasteiger partial charge in [0.2, 0.25) is 0 Å². The van der Waals surface area contributed by atoms with E-state index in [0.717, 1.165) is 19.3 Å². The summed E-state index contributed by atoms with van der Waals surface area (Å²) in [6.07, 6.45) is -1.60. The highest BCUT2D eigenvalue weighted by atomic mass is 19.4. The molecule has 7 heteroatoms. The first-order valence-electron chi connectivity index (χ1n) is 5.17. The zero-order chi connectivity index (χ0) is 12.0. The van der Waals surface area contributed by atoms with E-state index < -0.39 is 18.8 Å². The molecule has 0 aromatic rings. The second kappa shape index (κ2) is 5.93. The van der Waals surface area contributed by atoms with Gasteiger partial charge < -0.3 is 15.4 Å². The summed E-state index contributed by atoms with van der Waals surface area (Å²) in [5.74, 6) is 0. The highest BCUT2D eigenvalue weighted by Crippen LogP contribution is 2.12. The zero-order valence-electron chi connectivity index (χ0n) is 8.77. The standard InChI is InChI=1S/C9H15F3N2O2/c10-9(11,12)6-14-8(15)13-5-7-3-1-2-4-16-7/h7H,1-6H2,(H2,13,14,15). The molecule has 0 radical (unpaired) electrons.